The molecular formula is C14H7ClFIN2O. The van der Waals surface area contributed by atoms with Crippen LogP contribution in [0.15, 0.2) is 36.4 Å². The fourth-order valence-electron chi connectivity index (χ4n) is 1.55. The number of amides is 1. The van der Waals surface area contributed by atoms with Crippen LogP contribution in [0.4, 0.5) is 10.1 Å². The van der Waals surface area contributed by atoms with Crippen molar-refractivity contribution in [3.63, 3.8) is 0 Å². The van der Waals surface area contributed by atoms with E-state index in [1.54, 1.807) is 6.07 Å². The number of hydrogen-bond acceptors (Lipinski definition) is 2. The minimum atomic E-state index is -0.411. The molecule has 0 unspecified atom stereocenters. The van der Waals surface area contributed by atoms with Crippen LogP contribution in [-0.4, -0.2) is 5.91 Å². The number of anilines is 1. The van der Waals surface area contributed by atoms with Crippen molar-refractivity contribution in [3.8, 4) is 6.07 Å². The van der Waals surface area contributed by atoms with Crippen LogP contribution in [0.2, 0.25) is 5.02 Å². The van der Waals surface area contributed by atoms with E-state index in [0.29, 0.717) is 25.4 Å². The number of nitriles is 1. The van der Waals surface area contributed by atoms with Crippen molar-refractivity contribution in [3.05, 3.63) is 61.9 Å². The molecule has 0 aliphatic rings. The van der Waals surface area contributed by atoms with E-state index >= 15 is 0 Å². The van der Waals surface area contributed by atoms with Gasteiger partial charge in [0.25, 0.3) is 5.91 Å². The summed E-state index contributed by atoms with van der Waals surface area (Å²) in [5.74, 6) is -0.818. The molecule has 0 radical (unpaired) electrons. The van der Waals surface area contributed by atoms with Crippen molar-refractivity contribution in [1.29, 1.82) is 5.26 Å². The molecule has 6 heteroatoms. The third-order valence-electron chi connectivity index (χ3n) is 2.52. The van der Waals surface area contributed by atoms with Crippen molar-refractivity contribution in [2.45, 2.75) is 0 Å². The lowest BCUT2D eigenvalue weighted by Gasteiger charge is -2.09. The molecule has 0 saturated carbocycles. The molecule has 2 aromatic rings. The number of rotatable bonds is 2. The van der Waals surface area contributed by atoms with Crippen molar-refractivity contribution < 1.29 is 9.18 Å². The van der Waals surface area contributed by atoms with Gasteiger partial charge in [0.1, 0.15) is 5.82 Å². The molecule has 100 valence electrons. The first-order chi connectivity index (χ1) is 9.51. The van der Waals surface area contributed by atoms with Gasteiger partial charge in [-0.15, -0.1) is 0 Å². The quantitative estimate of drug-likeness (QED) is 0.768. The van der Waals surface area contributed by atoms with E-state index in [1.807, 2.05) is 28.7 Å². The smallest absolute Gasteiger partial charge is 0.256 e. The van der Waals surface area contributed by atoms with Gasteiger partial charge in [-0.3, -0.25) is 4.79 Å². The average Bonchev–Trinajstić information content (AvgIpc) is 2.41. The summed E-state index contributed by atoms with van der Waals surface area (Å²) in [4.78, 5) is 12.1. The Bertz CT molecular complexity index is 728. The Balaban J connectivity index is 2.30. The van der Waals surface area contributed by atoms with Crippen LogP contribution >= 0.6 is 34.2 Å². The molecule has 0 spiro atoms. The molecule has 0 fully saturated rings. The molecule has 0 heterocycles. The number of nitrogens with zero attached hydrogens (tertiary/aromatic N) is 1. The largest absolute Gasteiger partial charge is 0.321 e. The van der Waals surface area contributed by atoms with Gasteiger partial charge >= 0.3 is 0 Å². The lowest BCUT2D eigenvalue weighted by atomic mass is 10.2. The van der Waals surface area contributed by atoms with Crippen LogP contribution in [0.5, 0.6) is 0 Å². The second-order valence-corrected chi connectivity index (χ2v) is 5.45. The number of carbonyl (C=O) groups is 1. The molecule has 2 rings (SSSR count). The SMILES string of the molecule is N#Cc1ccc(Cl)c(NC(=O)c2ccc(F)cc2I)c1. The van der Waals surface area contributed by atoms with Crippen LogP contribution in [0.25, 0.3) is 0 Å². The van der Waals surface area contributed by atoms with Gasteiger partial charge in [-0.1, -0.05) is 11.6 Å². The molecule has 3 nitrogen and oxygen atoms in total. The topological polar surface area (TPSA) is 52.9 Å². The van der Waals surface area contributed by atoms with Crippen LogP contribution < -0.4 is 5.32 Å². The van der Waals surface area contributed by atoms with E-state index < -0.39 is 11.7 Å². The van der Waals surface area contributed by atoms with E-state index in [4.69, 9.17) is 16.9 Å². The average molecular weight is 401 g/mol. The first-order valence-corrected chi connectivity index (χ1v) is 6.93. The maximum Gasteiger partial charge on any atom is 0.256 e. The standard InChI is InChI=1S/C14H7ClFIN2O/c15-11-4-1-8(7-18)5-13(11)19-14(20)10-3-2-9(16)6-12(10)17/h1-6H,(H,19,20). The number of carbonyl (C=O) groups excluding carboxylic acids is 1. The molecule has 0 saturated heterocycles. The van der Waals surface area contributed by atoms with E-state index in [2.05, 4.69) is 5.32 Å². The van der Waals surface area contributed by atoms with E-state index in [0.717, 1.165) is 0 Å². The first kappa shape index (κ1) is 14.8. The van der Waals surface area contributed by atoms with Crippen molar-refractivity contribution >= 4 is 45.8 Å². The van der Waals surface area contributed by atoms with Crippen molar-refractivity contribution in [2.24, 2.45) is 0 Å². The zero-order valence-electron chi connectivity index (χ0n) is 9.95. The fourth-order valence-corrected chi connectivity index (χ4v) is 2.44. The van der Waals surface area contributed by atoms with Crippen LogP contribution in [0.3, 0.4) is 0 Å². The molecule has 1 amide bonds. The number of nitrogens with one attached hydrogen (secondary N) is 1. The summed E-state index contributed by atoms with van der Waals surface area (Å²) < 4.78 is 13.5. The summed E-state index contributed by atoms with van der Waals surface area (Å²) in [6.45, 7) is 0. The lowest BCUT2D eigenvalue weighted by Crippen LogP contribution is -2.14. The molecule has 20 heavy (non-hydrogen) atoms. The van der Waals surface area contributed by atoms with Gasteiger partial charge in [0.2, 0.25) is 0 Å². The van der Waals surface area contributed by atoms with Gasteiger partial charge < -0.3 is 5.32 Å². The highest BCUT2D eigenvalue weighted by Gasteiger charge is 2.13. The molecule has 0 aliphatic carbocycles. The number of halogens is 3. The van der Waals surface area contributed by atoms with Gasteiger partial charge in [-0.2, -0.15) is 5.26 Å². The van der Waals surface area contributed by atoms with Gasteiger partial charge in [-0.05, 0) is 59.0 Å². The minimum absolute atomic E-state index is 0.328. The summed E-state index contributed by atoms with van der Waals surface area (Å²) in [7, 11) is 0. The molecule has 0 aliphatic heterocycles. The zero-order valence-corrected chi connectivity index (χ0v) is 12.9. The molecule has 0 bridgehead atoms. The molecular weight excluding hydrogens is 394 g/mol. The summed E-state index contributed by atoms with van der Waals surface area (Å²) in [5, 5.41) is 11.8. The summed E-state index contributed by atoms with van der Waals surface area (Å²) >= 11 is 7.84. The zero-order chi connectivity index (χ0) is 14.7. The predicted octanol–water partition coefficient (Wildman–Crippen LogP) is 4.21. The second kappa shape index (κ2) is 6.20. The molecule has 0 atom stereocenters. The maximum absolute atomic E-state index is 13.0. The molecule has 0 aromatic heterocycles. The second-order valence-electron chi connectivity index (χ2n) is 3.88. The van der Waals surface area contributed by atoms with E-state index in [9.17, 15) is 9.18 Å². The highest BCUT2D eigenvalue weighted by Crippen LogP contribution is 2.24. The Morgan fingerprint density at radius 1 is 1.30 bits per heavy atom. The van der Waals surface area contributed by atoms with Crippen LogP contribution in [0, 0.1) is 20.7 Å². The lowest BCUT2D eigenvalue weighted by molar-refractivity contribution is 0.102. The van der Waals surface area contributed by atoms with Crippen molar-refractivity contribution in [1.82, 2.24) is 0 Å². The Labute approximate surface area is 133 Å². The molecule has 2 aromatic carbocycles. The third-order valence-corrected chi connectivity index (χ3v) is 3.74. The van der Waals surface area contributed by atoms with Gasteiger partial charge in [0, 0.05) is 3.57 Å². The van der Waals surface area contributed by atoms with Gasteiger partial charge in [-0.25, -0.2) is 4.39 Å². The van der Waals surface area contributed by atoms with E-state index in [-0.39, 0.29) is 0 Å². The van der Waals surface area contributed by atoms with E-state index in [1.165, 1.54) is 30.3 Å². The minimum Gasteiger partial charge on any atom is -0.321 e. The van der Waals surface area contributed by atoms with Crippen LogP contribution in [0.1, 0.15) is 15.9 Å². The fraction of sp³-hybridized carbons (Fsp3) is 0. The number of hydrogen-bond donors (Lipinski definition) is 1. The highest BCUT2D eigenvalue weighted by atomic mass is 127. The Morgan fingerprint density at radius 3 is 2.70 bits per heavy atom. The Morgan fingerprint density at radius 2 is 2.05 bits per heavy atom. The Hall–Kier alpha value is -1.65. The normalized spacial score (nSPS) is 9.90. The summed E-state index contributed by atoms with van der Waals surface area (Å²) in [6, 6.07) is 10.4. The predicted molar refractivity (Wildman–Crippen MR) is 83.2 cm³/mol. The Kier molecular flexibility index (Phi) is 4.57. The summed E-state index contributed by atoms with van der Waals surface area (Å²) in [5.41, 5.74) is 1.07. The number of benzene rings is 2. The maximum atomic E-state index is 13.0. The van der Waals surface area contributed by atoms with Gasteiger partial charge in [0.05, 0.1) is 27.9 Å². The van der Waals surface area contributed by atoms with Crippen LogP contribution in [-0.2, 0) is 0 Å². The third kappa shape index (κ3) is 3.26. The highest BCUT2D eigenvalue weighted by molar-refractivity contribution is 14.1. The summed E-state index contributed by atoms with van der Waals surface area (Å²) in [6.07, 6.45) is 0. The van der Waals surface area contributed by atoms with Crippen molar-refractivity contribution in [2.75, 3.05) is 5.32 Å². The monoisotopic (exact) mass is 400 g/mol. The molecule has 1 N–H and O–H groups in total. The first-order valence-electron chi connectivity index (χ1n) is 5.47. The van der Waals surface area contributed by atoms with Gasteiger partial charge in [0.15, 0.2) is 0 Å².